The highest BCUT2D eigenvalue weighted by molar-refractivity contribution is 6.30. The Kier molecular flexibility index (Phi) is 5.62. The summed E-state index contributed by atoms with van der Waals surface area (Å²) in [5.41, 5.74) is 4.29. The molecule has 0 atom stereocenters. The molecule has 1 aromatic heterocycles. The monoisotopic (exact) mass is 408 g/mol. The lowest BCUT2D eigenvalue weighted by Gasteiger charge is -2.20. The van der Waals surface area contributed by atoms with E-state index in [-0.39, 0.29) is 5.91 Å². The minimum Gasteiger partial charge on any atom is -0.343 e. The molecule has 0 unspecified atom stereocenters. The van der Waals surface area contributed by atoms with Gasteiger partial charge >= 0.3 is 0 Å². The van der Waals surface area contributed by atoms with E-state index in [0.29, 0.717) is 36.8 Å². The Morgan fingerprint density at radius 1 is 0.966 bits per heavy atom. The number of aromatic nitrogens is 2. The van der Waals surface area contributed by atoms with Crippen LogP contribution in [0.2, 0.25) is 5.02 Å². The Morgan fingerprint density at radius 3 is 2.41 bits per heavy atom. The Morgan fingerprint density at radius 2 is 1.69 bits per heavy atom. The van der Waals surface area contributed by atoms with Crippen LogP contribution in [0.3, 0.4) is 0 Å². The highest BCUT2D eigenvalue weighted by Gasteiger charge is 2.19. The summed E-state index contributed by atoms with van der Waals surface area (Å²) in [5.74, 6) is -0.00631. The van der Waals surface area contributed by atoms with Gasteiger partial charge in [-0.3, -0.25) is 14.7 Å². The summed E-state index contributed by atoms with van der Waals surface area (Å²) in [6.07, 6.45) is 1.65. The van der Waals surface area contributed by atoms with E-state index in [1.54, 1.807) is 4.90 Å². The molecule has 0 aliphatic carbocycles. The van der Waals surface area contributed by atoms with Crippen LogP contribution in [0, 0.1) is 0 Å². The molecule has 29 heavy (non-hydrogen) atoms. The van der Waals surface area contributed by atoms with E-state index in [1.807, 2.05) is 59.5 Å². The topological polar surface area (TPSA) is 69.3 Å². The van der Waals surface area contributed by atoms with Gasteiger partial charge < -0.3 is 9.80 Å². The van der Waals surface area contributed by atoms with Gasteiger partial charge in [-0.2, -0.15) is 5.10 Å². The van der Waals surface area contributed by atoms with Crippen LogP contribution in [0.4, 0.5) is 0 Å². The molecule has 1 saturated heterocycles. The number of H-pyrrole nitrogens is 1. The maximum absolute atomic E-state index is 12.8. The maximum Gasteiger partial charge on any atom is 0.253 e. The fraction of sp³-hybridized carbons (Fsp3) is 0.227. The summed E-state index contributed by atoms with van der Waals surface area (Å²) >= 11 is 5.95. The highest BCUT2D eigenvalue weighted by Crippen LogP contribution is 2.25. The average Bonchev–Trinajstić information content (AvgIpc) is 3.12. The number of carbonyl (C=O) groups excluding carboxylic acids is 2. The minimum absolute atomic E-state index is 0.00631. The van der Waals surface area contributed by atoms with Crippen molar-refractivity contribution in [3.05, 3.63) is 65.2 Å². The molecule has 7 heteroatoms. The van der Waals surface area contributed by atoms with E-state index in [0.717, 1.165) is 35.3 Å². The van der Waals surface area contributed by atoms with Crippen LogP contribution < -0.4 is 0 Å². The number of benzene rings is 2. The zero-order valence-electron chi connectivity index (χ0n) is 15.8. The van der Waals surface area contributed by atoms with Gasteiger partial charge in [0, 0.05) is 42.3 Å². The molecular weight excluding hydrogens is 388 g/mol. The van der Waals surface area contributed by atoms with Gasteiger partial charge in [0.2, 0.25) is 6.41 Å². The number of amides is 2. The smallest absolute Gasteiger partial charge is 0.253 e. The van der Waals surface area contributed by atoms with Crippen LogP contribution in [0.15, 0.2) is 54.6 Å². The van der Waals surface area contributed by atoms with Gasteiger partial charge in [0.05, 0.1) is 11.4 Å². The van der Waals surface area contributed by atoms with Gasteiger partial charge in [0.25, 0.3) is 5.91 Å². The molecule has 2 aromatic carbocycles. The number of hydrogen-bond acceptors (Lipinski definition) is 3. The molecular formula is C22H21ClN4O2. The molecule has 3 aromatic rings. The Hall–Kier alpha value is -3.12. The summed E-state index contributed by atoms with van der Waals surface area (Å²) in [6, 6.07) is 17.0. The zero-order valence-corrected chi connectivity index (χ0v) is 16.6. The second-order valence-corrected chi connectivity index (χ2v) is 7.47. The van der Waals surface area contributed by atoms with Crippen LogP contribution >= 0.6 is 11.6 Å². The number of rotatable bonds is 4. The Bertz CT molecular complexity index is 998. The maximum atomic E-state index is 12.8. The molecule has 6 nitrogen and oxygen atoms in total. The molecule has 1 fully saturated rings. The van der Waals surface area contributed by atoms with Crippen molar-refractivity contribution >= 4 is 23.9 Å². The zero-order chi connectivity index (χ0) is 20.2. The molecule has 0 radical (unpaired) electrons. The predicted octanol–water partition coefficient (Wildman–Crippen LogP) is 3.70. The third kappa shape index (κ3) is 4.32. The van der Waals surface area contributed by atoms with E-state index in [2.05, 4.69) is 10.2 Å². The molecule has 1 aliphatic rings. The fourth-order valence-electron chi connectivity index (χ4n) is 3.46. The second-order valence-electron chi connectivity index (χ2n) is 7.04. The lowest BCUT2D eigenvalue weighted by atomic mass is 10.1. The first-order valence-electron chi connectivity index (χ1n) is 9.54. The van der Waals surface area contributed by atoms with Gasteiger partial charge in [0.15, 0.2) is 0 Å². The molecule has 0 bridgehead atoms. The first-order valence-corrected chi connectivity index (χ1v) is 9.92. The minimum atomic E-state index is -0.00631. The Balaban J connectivity index is 1.47. The van der Waals surface area contributed by atoms with E-state index in [1.165, 1.54) is 0 Å². The second kappa shape index (κ2) is 8.49. The SMILES string of the molecule is O=CN1CCCN(C(=O)c2ccc(-c3cc(-c4ccc(Cl)cc4)[nH]n3)cc2)CC1. The number of hydrogen-bond donors (Lipinski definition) is 1. The van der Waals surface area contributed by atoms with Gasteiger partial charge in [-0.05, 0) is 42.3 Å². The lowest BCUT2D eigenvalue weighted by Crippen LogP contribution is -2.34. The van der Waals surface area contributed by atoms with Crippen molar-refractivity contribution in [2.24, 2.45) is 0 Å². The van der Waals surface area contributed by atoms with Crippen LogP contribution in [-0.2, 0) is 4.79 Å². The van der Waals surface area contributed by atoms with Crippen molar-refractivity contribution in [1.29, 1.82) is 0 Å². The summed E-state index contributed by atoms with van der Waals surface area (Å²) in [7, 11) is 0. The number of nitrogens with one attached hydrogen (secondary N) is 1. The number of aromatic amines is 1. The van der Waals surface area contributed by atoms with Gasteiger partial charge in [-0.25, -0.2) is 0 Å². The van der Waals surface area contributed by atoms with Crippen LogP contribution in [0.5, 0.6) is 0 Å². The highest BCUT2D eigenvalue weighted by atomic mass is 35.5. The van der Waals surface area contributed by atoms with Crippen LogP contribution in [0.1, 0.15) is 16.8 Å². The lowest BCUT2D eigenvalue weighted by molar-refractivity contribution is -0.118. The molecule has 1 aliphatic heterocycles. The average molecular weight is 409 g/mol. The first kappa shape index (κ1) is 19.2. The molecule has 2 amide bonds. The predicted molar refractivity (Wildman–Crippen MR) is 113 cm³/mol. The van der Waals surface area contributed by atoms with Gasteiger partial charge in [0.1, 0.15) is 0 Å². The van der Waals surface area contributed by atoms with Crippen molar-refractivity contribution in [3.63, 3.8) is 0 Å². The number of carbonyl (C=O) groups is 2. The van der Waals surface area contributed by atoms with Crippen molar-refractivity contribution in [2.45, 2.75) is 6.42 Å². The number of halogens is 1. The first-order chi connectivity index (χ1) is 14.1. The molecule has 2 heterocycles. The van der Waals surface area contributed by atoms with E-state index < -0.39 is 0 Å². The van der Waals surface area contributed by atoms with Gasteiger partial charge in [-0.1, -0.05) is 35.9 Å². The third-order valence-electron chi connectivity index (χ3n) is 5.13. The summed E-state index contributed by atoms with van der Waals surface area (Å²) in [5, 5.41) is 8.12. The van der Waals surface area contributed by atoms with Crippen LogP contribution in [-0.4, -0.2) is 58.5 Å². The summed E-state index contributed by atoms with van der Waals surface area (Å²) < 4.78 is 0. The van der Waals surface area contributed by atoms with Crippen molar-refractivity contribution in [3.8, 4) is 22.5 Å². The standard InChI is InChI=1S/C22H21ClN4O2/c23-19-8-6-17(7-9-19)21-14-20(24-25-21)16-2-4-18(5-3-16)22(29)27-11-1-10-26(15-28)12-13-27/h2-9,14-15H,1,10-13H2,(H,24,25). The van der Waals surface area contributed by atoms with E-state index >= 15 is 0 Å². The van der Waals surface area contributed by atoms with Gasteiger partial charge in [-0.15, -0.1) is 0 Å². The van der Waals surface area contributed by atoms with Crippen molar-refractivity contribution < 1.29 is 9.59 Å². The quantitative estimate of drug-likeness (QED) is 0.669. The fourth-order valence-corrected chi connectivity index (χ4v) is 3.58. The molecule has 1 N–H and O–H groups in total. The molecule has 4 rings (SSSR count). The third-order valence-corrected chi connectivity index (χ3v) is 5.38. The Labute approximate surface area is 174 Å². The van der Waals surface area contributed by atoms with E-state index in [4.69, 9.17) is 11.6 Å². The normalized spacial score (nSPS) is 14.5. The van der Waals surface area contributed by atoms with Crippen molar-refractivity contribution in [2.75, 3.05) is 26.2 Å². The summed E-state index contributed by atoms with van der Waals surface area (Å²) in [4.78, 5) is 27.3. The summed E-state index contributed by atoms with van der Waals surface area (Å²) in [6.45, 7) is 2.49. The van der Waals surface area contributed by atoms with Crippen LogP contribution in [0.25, 0.3) is 22.5 Å². The largest absolute Gasteiger partial charge is 0.343 e. The molecule has 0 spiro atoms. The number of nitrogens with zero attached hydrogens (tertiary/aromatic N) is 3. The van der Waals surface area contributed by atoms with E-state index in [9.17, 15) is 9.59 Å². The molecule has 0 saturated carbocycles. The van der Waals surface area contributed by atoms with Crippen molar-refractivity contribution in [1.82, 2.24) is 20.0 Å². The molecule has 148 valence electrons.